The van der Waals surface area contributed by atoms with E-state index in [-0.39, 0.29) is 23.7 Å². The smallest absolute Gasteiger partial charge is 0.293 e. The average Bonchev–Trinajstić information content (AvgIpc) is 3.34. The number of phenolic OH excluding ortho intramolecular Hbond substituents is 1. The van der Waals surface area contributed by atoms with Crippen molar-refractivity contribution in [3.63, 3.8) is 0 Å². The zero-order chi connectivity index (χ0) is 32.0. The molecule has 9 heteroatoms. The Kier molecular flexibility index (Phi) is 10.2. The number of fused-ring (bicyclic) bond motifs is 1. The van der Waals surface area contributed by atoms with Gasteiger partial charge in [0.25, 0.3) is 6.47 Å². The molecule has 1 aliphatic rings. The number of aromatic nitrogens is 2. The van der Waals surface area contributed by atoms with E-state index in [0.29, 0.717) is 32.3 Å². The van der Waals surface area contributed by atoms with E-state index in [1.165, 1.54) is 0 Å². The first-order valence-electron chi connectivity index (χ1n) is 15.7. The van der Waals surface area contributed by atoms with Crippen molar-refractivity contribution >= 4 is 23.3 Å². The number of hydrogen-bond donors (Lipinski definition) is 2. The van der Waals surface area contributed by atoms with Crippen LogP contribution < -0.4 is 5.43 Å². The molecular formula is C36H44N4O5. The van der Waals surface area contributed by atoms with Gasteiger partial charge < -0.3 is 19.1 Å². The van der Waals surface area contributed by atoms with Crippen LogP contribution in [0.2, 0.25) is 0 Å². The Bertz CT molecular complexity index is 1650. The van der Waals surface area contributed by atoms with Crippen LogP contribution in [0.5, 0.6) is 5.75 Å². The molecule has 0 saturated carbocycles. The summed E-state index contributed by atoms with van der Waals surface area (Å²) in [5, 5.41) is 13.5. The van der Waals surface area contributed by atoms with E-state index in [1.54, 1.807) is 30.4 Å². The summed E-state index contributed by atoms with van der Waals surface area (Å²) in [4.78, 5) is 28.4. The summed E-state index contributed by atoms with van der Waals surface area (Å²) in [7, 11) is 1.69. The van der Waals surface area contributed by atoms with Crippen LogP contribution in [0.15, 0.2) is 54.9 Å². The van der Waals surface area contributed by atoms with Gasteiger partial charge in [0, 0.05) is 67.4 Å². The highest BCUT2D eigenvalue weighted by Gasteiger charge is 2.28. The molecule has 1 saturated heterocycles. The fourth-order valence-corrected chi connectivity index (χ4v) is 6.40. The molecule has 5 rings (SSSR count). The highest BCUT2D eigenvalue weighted by Crippen LogP contribution is 2.41. The van der Waals surface area contributed by atoms with Crippen molar-refractivity contribution in [2.75, 3.05) is 26.8 Å². The molecule has 1 fully saturated rings. The van der Waals surface area contributed by atoms with Crippen LogP contribution >= 0.6 is 0 Å². The van der Waals surface area contributed by atoms with Crippen molar-refractivity contribution in [1.29, 1.82) is 0 Å². The Hall–Kier alpha value is -4.21. The number of rotatable bonds is 13. The Morgan fingerprint density at radius 2 is 1.98 bits per heavy atom. The van der Waals surface area contributed by atoms with Gasteiger partial charge in [-0.05, 0) is 90.8 Å². The van der Waals surface area contributed by atoms with Gasteiger partial charge in [0.1, 0.15) is 5.75 Å². The maximum Gasteiger partial charge on any atom is 0.293 e. The second-order valence-electron chi connectivity index (χ2n) is 12.6. The lowest BCUT2D eigenvalue weighted by molar-refractivity contribution is -0.135. The standard InChI is InChI=1S/C36H44N4O5/c1-5-39-33-10-9-26(28-16-25(17-29(42)18-28)8-11-34(43)40-15-7-6-13-38-40)19-30(33)31(20-36(2,3)23-45-24-41)35(39)32-21-37-14-12-27(32)22-44-4/h9-10,12,14,16-19,21,24,38,42H,5-8,11,13,15,20,22-23H2,1-4H3. The lowest BCUT2D eigenvalue weighted by atomic mass is 9.84. The summed E-state index contributed by atoms with van der Waals surface area (Å²) in [6.45, 7) is 9.87. The second kappa shape index (κ2) is 14.3. The van der Waals surface area contributed by atoms with E-state index in [0.717, 1.165) is 82.5 Å². The molecule has 0 radical (unpaired) electrons. The number of phenols is 1. The molecule has 0 bridgehead atoms. The summed E-state index contributed by atoms with van der Waals surface area (Å²) < 4.78 is 13.1. The number of carbonyl (C=O) groups excluding carboxylic acids is 2. The number of hydrazine groups is 1. The van der Waals surface area contributed by atoms with E-state index in [2.05, 4.69) is 60.0 Å². The topological polar surface area (TPSA) is 106 Å². The first kappa shape index (κ1) is 32.2. The zero-order valence-corrected chi connectivity index (χ0v) is 26.8. The van der Waals surface area contributed by atoms with E-state index in [1.807, 2.05) is 12.3 Å². The van der Waals surface area contributed by atoms with Gasteiger partial charge in [-0.1, -0.05) is 26.0 Å². The molecule has 2 aromatic heterocycles. The van der Waals surface area contributed by atoms with Crippen LogP contribution in [0.25, 0.3) is 33.3 Å². The minimum absolute atomic E-state index is 0.0727. The maximum atomic E-state index is 12.8. The first-order chi connectivity index (χ1) is 21.7. The zero-order valence-electron chi connectivity index (χ0n) is 26.8. The van der Waals surface area contributed by atoms with Gasteiger partial charge in [0.15, 0.2) is 0 Å². The van der Waals surface area contributed by atoms with Gasteiger partial charge in [0.2, 0.25) is 5.91 Å². The second-order valence-corrected chi connectivity index (χ2v) is 12.6. The maximum absolute atomic E-state index is 12.8. The lowest BCUT2D eigenvalue weighted by Crippen LogP contribution is -2.47. The number of aromatic hydroxyl groups is 1. The van der Waals surface area contributed by atoms with Gasteiger partial charge in [-0.3, -0.25) is 19.6 Å². The SMILES string of the molecule is CCn1c(-c2cnccc2COC)c(CC(C)(C)COC=O)c2cc(-c3cc(O)cc(CCC(=O)N4CCCCN4)c3)ccc21. The molecule has 238 valence electrons. The van der Waals surface area contributed by atoms with Crippen LogP contribution in [0.1, 0.15) is 56.7 Å². The Labute approximate surface area is 265 Å². The predicted molar refractivity (Wildman–Crippen MR) is 175 cm³/mol. The third-order valence-electron chi connectivity index (χ3n) is 8.50. The number of ether oxygens (including phenoxy) is 2. The van der Waals surface area contributed by atoms with Crippen LogP contribution in [0, 0.1) is 5.41 Å². The molecule has 2 aromatic carbocycles. The Morgan fingerprint density at radius 1 is 1.13 bits per heavy atom. The Balaban J connectivity index is 1.58. The molecule has 0 aliphatic carbocycles. The van der Waals surface area contributed by atoms with Crippen molar-refractivity contribution in [2.45, 2.75) is 66.0 Å². The monoisotopic (exact) mass is 612 g/mol. The van der Waals surface area contributed by atoms with Crippen LogP contribution in [-0.4, -0.2) is 58.9 Å². The van der Waals surface area contributed by atoms with Crippen molar-refractivity contribution in [3.05, 3.63) is 71.5 Å². The number of methoxy groups -OCH3 is 1. The molecule has 4 aromatic rings. The lowest BCUT2D eigenvalue weighted by Gasteiger charge is -2.27. The van der Waals surface area contributed by atoms with Crippen LogP contribution in [0.4, 0.5) is 0 Å². The van der Waals surface area contributed by atoms with Gasteiger partial charge >= 0.3 is 0 Å². The number of nitrogens with one attached hydrogen (secondary N) is 1. The molecule has 2 N–H and O–H groups in total. The van der Waals surface area contributed by atoms with E-state index >= 15 is 0 Å². The number of nitrogens with zero attached hydrogens (tertiary/aromatic N) is 3. The van der Waals surface area contributed by atoms with Crippen LogP contribution in [0.3, 0.4) is 0 Å². The third-order valence-corrected chi connectivity index (χ3v) is 8.50. The first-order valence-corrected chi connectivity index (χ1v) is 15.7. The summed E-state index contributed by atoms with van der Waals surface area (Å²) >= 11 is 0. The number of benzene rings is 2. The van der Waals surface area contributed by atoms with Gasteiger partial charge in [-0.25, -0.2) is 5.43 Å². The van der Waals surface area contributed by atoms with Gasteiger partial charge in [-0.15, -0.1) is 0 Å². The normalized spacial score (nSPS) is 13.7. The molecule has 0 atom stereocenters. The number of pyridine rings is 1. The minimum atomic E-state index is -0.337. The summed E-state index contributed by atoms with van der Waals surface area (Å²) in [5.41, 5.74) is 11.0. The molecule has 9 nitrogen and oxygen atoms in total. The molecule has 45 heavy (non-hydrogen) atoms. The van der Waals surface area contributed by atoms with Gasteiger partial charge in [-0.2, -0.15) is 0 Å². The predicted octanol–water partition coefficient (Wildman–Crippen LogP) is 6.04. The molecular weight excluding hydrogens is 568 g/mol. The summed E-state index contributed by atoms with van der Waals surface area (Å²) in [5.74, 6) is 0.244. The molecule has 3 heterocycles. The fraction of sp³-hybridized carbons (Fsp3) is 0.417. The van der Waals surface area contributed by atoms with Gasteiger partial charge in [0.05, 0.1) is 18.9 Å². The average molecular weight is 613 g/mol. The molecule has 0 unspecified atom stereocenters. The number of aryl methyl sites for hydroxylation is 2. The number of amides is 1. The largest absolute Gasteiger partial charge is 0.508 e. The quantitative estimate of drug-likeness (QED) is 0.177. The number of hydrogen-bond acceptors (Lipinski definition) is 7. The molecule has 1 amide bonds. The van der Waals surface area contributed by atoms with Crippen molar-refractivity contribution in [1.82, 2.24) is 20.0 Å². The molecule has 1 aliphatic heterocycles. The van der Waals surface area contributed by atoms with E-state index < -0.39 is 0 Å². The fourth-order valence-electron chi connectivity index (χ4n) is 6.40. The van der Waals surface area contributed by atoms with Crippen LogP contribution in [-0.2, 0) is 45.1 Å². The van der Waals surface area contributed by atoms with Crippen molar-refractivity contribution in [3.8, 4) is 28.1 Å². The van der Waals surface area contributed by atoms with Crippen molar-refractivity contribution in [2.24, 2.45) is 5.41 Å². The summed E-state index contributed by atoms with van der Waals surface area (Å²) in [6, 6.07) is 14.0. The van der Waals surface area contributed by atoms with Crippen molar-refractivity contribution < 1.29 is 24.2 Å². The third kappa shape index (κ3) is 7.37. The highest BCUT2D eigenvalue weighted by atomic mass is 16.5. The van der Waals surface area contributed by atoms with E-state index in [4.69, 9.17) is 9.47 Å². The minimum Gasteiger partial charge on any atom is -0.508 e. The number of carbonyl (C=O) groups is 2. The Morgan fingerprint density at radius 3 is 2.71 bits per heavy atom. The van der Waals surface area contributed by atoms with E-state index in [9.17, 15) is 14.7 Å². The highest BCUT2D eigenvalue weighted by molar-refractivity contribution is 5.95. The molecule has 0 spiro atoms. The summed E-state index contributed by atoms with van der Waals surface area (Å²) in [6.07, 6.45) is 7.34.